The third kappa shape index (κ3) is 3.84. The Kier molecular flexibility index (Phi) is 5.41. The van der Waals surface area contributed by atoms with Crippen molar-refractivity contribution in [2.45, 2.75) is 55.8 Å². The van der Waals surface area contributed by atoms with Gasteiger partial charge in [0.15, 0.2) is 0 Å². The van der Waals surface area contributed by atoms with E-state index in [1.54, 1.807) is 23.2 Å². The Morgan fingerprint density at radius 3 is 2.50 bits per heavy atom. The predicted octanol–water partition coefficient (Wildman–Crippen LogP) is 4.56. The van der Waals surface area contributed by atoms with Gasteiger partial charge in [0.05, 0.1) is 28.7 Å². The zero-order chi connectivity index (χ0) is 24.3. The molecule has 2 aliphatic carbocycles. The fourth-order valence-electron chi connectivity index (χ4n) is 4.82. The molecule has 0 amide bonds. The molecular weight excluding hydrogens is 467 g/mol. The molecule has 2 saturated carbocycles. The quantitative estimate of drug-likeness (QED) is 0.547. The number of nitrogens with zero attached hydrogens (tertiary/aromatic N) is 4. The van der Waals surface area contributed by atoms with E-state index in [2.05, 4.69) is 20.6 Å². The molecule has 0 radical (unpaired) electrons. The average Bonchev–Trinajstić information content (AvgIpc) is 3.54. The number of fused-ring (bicyclic) bond motifs is 1. The number of hydrogen-bond donors (Lipinski definition) is 1. The minimum Gasteiger partial charge on any atom is -0.333 e. The topological polar surface area (TPSA) is 101 Å². The lowest BCUT2D eigenvalue weighted by molar-refractivity contribution is -0.147. The fraction of sp³-hybridized carbons (Fsp3) is 0.435. The molecule has 0 saturated heterocycles. The molecule has 7 nitrogen and oxygen atoms in total. The van der Waals surface area contributed by atoms with Crippen LogP contribution in [0.3, 0.4) is 0 Å². The van der Waals surface area contributed by atoms with Gasteiger partial charge in [-0.15, -0.1) is 0 Å². The van der Waals surface area contributed by atoms with Crippen LogP contribution < -0.4 is 4.72 Å². The summed E-state index contributed by atoms with van der Waals surface area (Å²) in [5.41, 5.74) is 2.22. The van der Waals surface area contributed by atoms with Crippen molar-refractivity contribution in [2.24, 2.45) is 11.8 Å². The Morgan fingerprint density at radius 1 is 1.18 bits per heavy atom. The smallest absolute Gasteiger partial charge is 0.333 e. The number of alkyl halides is 3. The van der Waals surface area contributed by atoms with E-state index in [0.717, 1.165) is 36.9 Å². The number of nitriles is 1. The van der Waals surface area contributed by atoms with Gasteiger partial charge in [0.1, 0.15) is 17.0 Å². The van der Waals surface area contributed by atoms with Gasteiger partial charge in [-0.1, -0.05) is 0 Å². The van der Waals surface area contributed by atoms with Gasteiger partial charge in [0.25, 0.3) is 0 Å². The summed E-state index contributed by atoms with van der Waals surface area (Å²) < 4.78 is 67.1. The van der Waals surface area contributed by atoms with Crippen LogP contribution in [0.4, 0.5) is 13.2 Å². The van der Waals surface area contributed by atoms with E-state index in [1.807, 2.05) is 0 Å². The number of aromatic nitrogens is 3. The molecule has 1 N–H and O–H groups in total. The van der Waals surface area contributed by atoms with Crippen molar-refractivity contribution in [3.63, 3.8) is 0 Å². The number of pyridine rings is 2. The lowest BCUT2D eigenvalue weighted by Gasteiger charge is -2.39. The lowest BCUT2D eigenvalue weighted by atomic mass is 9.76. The van der Waals surface area contributed by atoms with E-state index >= 15 is 0 Å². The van der Waals surface area contributed by atoms with Crippen LogP contribution in [0.2, 0.25) is 0 Å². The summed E-state index contributed by atoms with van der Waals surface area (Å²) in [4.78, 5) is 8.15. The molecule has 0 bridgehead atoms. The van der Waals surface area contributed by atoms with Gasteiger partial charge >= 0.3 is 6.18 Å². The second-order valence-corrected chi connectivity index (χ2v) is 10.7. The summed E-state index contributed by atoms with van der Waals surface area (Å²) in [5, 5.41) is 10.7. The van der Waals surface area contributed by atoms with Crippen molar-refractivity contribution in [1.29, 1.82) is 5.26 Å². The third-order valence-corrected chi connectivity index (χ3v) is 8.41. The standard InChI is InChI=1S/C23H22F3N5O2S/c1-13(23(24,25)26)30-34(32,33)15-4-6-19(29-11-15)22-18(10-27)17-8-9-28-12-21(17)31(22)20-7-5-16(20)14-2-3-14/h4,6,8-9,11-14,16,20,30H,2-3,5,7H2,1H3/t13-,16?,20?/m0/s1. The maximum atomic E-state index is 12.8. The van der Waals surface area contributed by atoms with Gasteiger partial charge < -0.3 is 4.57 Å². The number of rotatable bonds is 6. The van der Waals surface area contributed by atoms with Crippen molar-refractivity contribution >= 4 is 20.9 Å². The van der Waals surface area contributed by atoms with Crippen molar-refractivity contribution < 1.29 is 21.6 Å². The van der Waals surface area contributed by atoms with Crippen LogP contribution in [-0.4, -0.2) is 35.2 Å². The number of hydrogen-bond acceptors (Lipinski definition) is 5. The first-order valence-electron chi connectivity index (χ1n) is 11.1. The summed E-state index contributed by atoms with van der Waals surface area (Å²) in [6.07, 6.45) is 4.14. The summed E-state index contributed by atoms with van der Waals surface area (Å²) in [6.45, 7) is 0.736. The van der Waals surface area contributed by atoms with Crippen molar-refractivity contribution in [1.82, 2.24) is 19.3 Å². The highest BCUT2D eigenvalue weighted by Crippen LogP contribution is 2.54. The highest BCUT2D eigenvalue weighted by Gasteiger charge is 2.44. The maximum Gasteiger partial charge on any atom is 0.404 e. The van der Waals surface area contributed by atoms with Crippen molar-refractivity contribution in [3.05, 3.63) is 42.4 Å². The molecular formula is C23H22F3N5O2S. The fourth-order valence-corrected chi connectivity index (χ4v) is 5.99. The molecule has 3 atom stereocenters. The van der Waals surface area contributed by atoms with E-state index in [4.69, 9.17) is 0 Å². The Bertz CT molecular complexity index is 1390. The normalized spacial score (nSPS) is 21.7. The Morgan fingerprint density at radius 2 is 1.94 bits per heavy atom. The van der Waals surface area contributed by atoms with Gasteiger partial charge in [-0.2, -0.15) is 23.2 Å². The first kappa shape index (κ1) is 22.8. The highest BCUT2D eigenvalue weighted by molar-refractivity contribution is 7.89. The SMILES string of the molecule is C[C@H](NS(=O)(=O)c1ccc(-c2c(C#N)c3ccncc3n2C2CCC2C2CC2)nc1)C(F)(F)F. The van der Waals surface area contributed by atoms with Crippen LogP contribution in [0.1, 0.15) is 44.2 Å². The van der Waals surface area contributed by atoms with Crippen LogP contribution in [0, 0.1) is 23.2 Å². The van der Waals surface area contributed by atoms with Crippen LogP contribution in [0.5, 0.6) is 0 Å². The molecule has 34 heavy (non-hydrogen) atoms. The molecule has 3 aromatic heterocycles. The Labute approximate surface area is 194 Å². The van der Waals surface area contributed by atoms with Crippen LogP contribution in [0.15, 0.2) is 41.7 Å². The molecule has 2 aliphatic rings. The molecule has 3 heterocycles. The summed E-state index contributed by atoms with van der Waals surface area (Å²) in [5.74, 6) is 1.18. The second kappa shape index (κ2) is 8.06. The molecule has 2 fully saturated rings. The van der Waals surface area contributed by atoms with Crippen molar-refractivity contribution in [3.8, 4) is 17.5 Å². The summed E-state index contributed by atoms with van der Waals surface area (Å²) >= 11 is 0. The van der Waals surface area contributed by atoms with Crippen LogP contribution in [-0.2, 0) is 10.0 Å². The van der Waals surface area contributed by atoms with Crippen LogP contribution >= 0.6 is 0 Å². The molecule has 0 aliphatic heterocycles. The molecule has 3 aromatic rings. The first-order valence-corrected chi connectivity index (χ1v) is 12.5. The summed E-state index contributed by atoms with van der Waals surface area (Å²) in [7, 11) is -4.43. The lowest BCUT2D eigenvalue weighted by Crippen LogP contribution is -2.42. The molecule has 0 spiro atoms. The van der Waals surface area contributed by atoms with Crippen LogP contribution in [0.25, 0.3) is 22.3 Å². The number of nitrogens with one attached hydrogen (secondary N) is 1. The van der Waals surface area contributed by atoms with E-state index in [1.165, 1.54) is 25.0 Å². The zero-order valence-corrected chi connectivity index (χ0v) is 19.1. The molecule has 11 heteroatoms. The molecule has 5 rings (SSSR count). The molecule has 0 aromatic carbocycles. The molecule has 2 unspecified atom stereocenters. The zero-order valence-electron chi connectivity index (χ0n) is 18.2. The average molecular weight is 490 g/mol. The van der Waals surface area contributed by atoms with E-state index in [0.29, 0.717) is 28.8 Å². The van der Waals surface area contributed by atoms with Gasteiger partial charge in [-0.3, -0.25) is 9.97 Å². The van der Waals surface area contributed by atoms with E-state index in [-0.39, 0.29) is 10.9 Å². The minimum absolute atomic E-state index is 0.191. The maximum absolute atomic E-state index is 12.8. The third-order valence-electron chi connectivity index (χ3n) is 6.88. The second-order valence-electron chi connectivity index (χ2n) is 9.01. The van der Waals surface area contributed by atoms with Crippen molar-refractivity contribution in [2.75, 3.05) is 0 Å². The Balaban J connectivity index is 1.57. The predicted molar refractivity (Wildman–Crippen MR) is 118 cm³/mol. The number of halogens is 3. The van der Waals surface area contributed by atoms with E-state index in [9.17, 15) is 26.9 Å². The highest BCUT2D eigenvalue weighted by atomic mass is 32.2. The number of sulfonamides is 1. The van der Waals surface area contributed by atoms with Gasteiger partial charge in [-0.25, -0.2) is 8.42 Å². The Hall–Kier alpha value is -2.97. The minimum atomic E-state index is -4.71. The monoisotopic (exact) mass is 489 g/mol. The van der Waals surface area contributed by atoms with E-state index < -0.39 is 22.2 Å². The van der Waals surface area contributed by atoms with Gasteiger partial charge in [0, 0.05) is 23.8 Å². The van der Waals surface area contributed by atoms with Gasteiger partial charge in [-0.05, 0) is 62.6 Å². The first-order chi connectivity index (χ1) is 16.1. The molecule has 178 valence electrons. The summed E-state index contributed by atoms with van der Waals surface area (Å²) in [6, 6.07) is 4.65. The largest absolute Gasteiger partial charge is 0.404 e. The van der Waals surface area contributed by atoms with Gasteiger partial charge in [0.2, 0.25) is 10.0 Å².